The Morgan fingerprint density at radius 3 is 2.74 bits per heavy atom. The van der Waals surface area contributed by atoms with Crippen molar-refractivity contribution in [1.29, 1.82) is 0 Å². The van der Waals surface area contributed by atoms with Crippen molar-refractivity contribution in [3.63, 3.8) is 0 Å². The molecule has 0 spiro atoms. The summed E-state index contributed by atoms with van der Waals surface area (Å²) in [5.74, 6) is 1.21. The van der Waals surface area contributed by atoms with E-state index < -0.39 is 0 Å². The third-order valence-corrected chi connectivity index (χ3v) is 3.39. The van der Waals surface area contributed by atoms with Gasteiger partial charge < -0.3 is 9.15 Å². The lowest BCUT2D eigenvalue weighted by Crippen LogP contribution is -2.24. The summed E-state index contributed by atoms with van der Waals surface area (Å²) in [4.78, 5) is 12.4. The number of carbonyl (C=O) groups excluding carboxylic acids is 1. The molecule has 1 aliphatic rings. The smallest absolute Gasteiger partial charge is 0.228 e. The van der Waals surface area contributed by atoms with E-state index >= 15 is 0 Å². The highest BCUT2D eigenvalue weighted by Crippen LogP contribution is 2.35. The molecule has 0 amide bonds. The summed E-state index contributed by atoms with van der Waals surface area (Å²) in [5, 5.41) is 0. The predicted molar refractivity (Wildman–Crippen MR) is 71.7 cm³/mol. The first-order chi connectivity index (χ1) is 8.96. The second-order valence-corrected chi connectivity index (χ2v) is 5.62. The van der Waals surface area contributed by atoms with Gasteiger partial charge in [-0.05, 0) is 56.2 Å². The van der Waals surface area contributed by atoms with E-state index in [4.69, 9.17) is 9.15 Å². The van der Waals surface area contributed by atoms with Crippen LogP contribution in [0.2, 0.25) is 0 Å². The van der Waals surface area contributed by atoms with Gasteiger partial charge in [-0.3, -0.25) is 4.79 Å². The van der Waals surface area contributed by atoms with Gasteiger partial charge in [0, 0.05) is 12.0 Å². The molecule has 1 aliphatic heterocycles. The fourth-order valence-electron chi connectivity index (χ4n) is 2.49. The van der Waals surface area contributed by atoms with Crippen molar-refractivity contribution in [2.75, 3.05) is 0 Å². The number of benzene rings is 1. The van der Waals surface area contributed by atoms with Crippen LogP contribution in [0.25, 0.3) is 0 Å². The number of carbonyl (C=O) groups is 1. The summed E-state index contributed by atoms with van der Waals surface area (Å²) in [6.07, 6.45) is 2.36. The Morgan fingerprint density at radius 1 is 1.26 bits per heavy atom. The standard InChI is InChI=1S/C16H16O3/c1-10-6-7-18-15(10)14(17)11-4-5-13-12(8-11)9-16(2,3)19-13/h4-8H,9H2,1-3H3. The number of ether oxygens (including phenoxy) is 1. The molecule has 19 heavy (non-hydrogen) atoms. The predicted octanol–water partition coefficient (Wildman–Crippen LogP) is 3.53. The summed E-state index contributed by atoms with van der Waals surface area (Å²) in [6.45, 7) is 5.96. The van der Waals surface area contributed by atoms with Crippen LogP contribution in [-0.2, 0) is 6.42 Å². The van der Waals surface area contributed by atoms with Gasteiger partial charge in [0.15, 0.2) is 5.76 Å². The van der Waals surface area contributed by atoms with E-state index in [0.29, 0.717) is 11.3 Å². The molecule has 0 radical (unpaired) electrons. The average molecular weight is 256 g/mol. The van der Waals surface area contributed by atoms with Crippen molar-refractivity contribution in [2.24, 2.45) is 0 Å². The summed E-state index contributed by atoms with van der Waals surface area (Å²) in [5.41, 5.74) is 2.41. The molecule has 2 aromatic rings. The van der Waals surface area contributed by atoms with Gasteiger partial charge in [0.2, 0.25) is 5.78 Å². The zero-order valence-corrected chi connectivity index (χ0v) is 11.3. The molecule has 98 valence electrons. The summed E-state index contributed by atoms with van der Waals surface area (Å²) in [6, 6.07) is 7.38. The van der Waals surface area contributed by atoms with E-state index in [2.05, 4.69) is 0 Å². The molecule has 0 saturated heterocycles. The number of hydrogen-bond acceptors (Lipinski definition) is 3. The van der Waals surface area contributed by atoms with Crippen LogP contribution < -0.4 is 4.74 Å². The lowest BCUT2D eigenvalue weighted by molar-refractivity contribution is 0.101. The minimum atomic E-state index is -0.190. The number of fused-ring (bicyclic) bond motifs is 1. The summed E-state index contributed by atoms with van der Waals surface area (Å²) < 4.78 is 11.1. The maximum Gasteiger partial charge on any atom is 0.228 e. The minimum absolute atomic E-state index is 0.0741. The Hall–Kier alpha value is -2.03. The monoisotopic (exact) mass is 256 g/mol. The first-order valence-electron chi connectivity index (χ1n) is 6.37. The fraction of sp³-hybridized carbons (Fsp3) is 0.312. The van der Waals surface area contributed by atoms with Crippen molar-refractivity contribution in [2.45, 2.75) is 32.8 Å². The van der Waals surface area contributed by atoms with Crippen molar-refractivity contribution in [3.05, 3.63) is 53.0 Å². The third kappa shape index (κ3) is 2.05. The van der Waals surface area contributed by atoms with Gasteiger partial charge in [0.25, 0.3) is 0 Å². The minimum Gasteiger partial charge on any atom is -0.487 e. The molecule has 0 fully saturated rings. The van der Waals surface area contributed by atoms with Crippen LogP contribution in [-0.4, -0.2) is 11.4 Å². The first kappa shape index (κ1) is 12.0. The second-order valence-electron chi connectivity index (χ2n) is 5.62. The molecule has 0 unspecified atom stereocenters. The molecule has 0 bridgehead atoms. The van der Waals surface area contributed by atoms with Crippen LogP contribution in [0.4, 0.5) is 0 Å². The molecule has 1 aromatic heterocycles. The van der Waals surface area contributed by atoms with Crippen molar-refractivity contribution < 1.29 is 13.9 Å². The normalized spacial score (nSPS) is 15.9. The second kappa shape index (κ2) is 3.98. The van der Waals surface area contributed by atoms with Gasteiger partial charge >= 0.3 is 0 Å². The van der Waals surface area contributed by atoms with Crippen LogP contribution in [0.15, 0.2) is 34.9 Å². The van der Waals surface area contributed by atoms with E-state index in [-0.39, 0.29) is 11.4 Å². The molecular formula is C16H16O3. The number of ketones is 1. The van der Waals surface area contributed by atoms with Crippen molar-refractivity contribution >= 4 is 5.78 Å². The van der Waals surface area contributed by atoms with Gasteiger partial charge in [-0.1, -0.05) is 0 Å². The Kier molecular flexibility index (Phi) is 2.52. The zero-order chi connectivity index (χ0) is 13.6. The molecule has 3 heteroatoms. The Bertz CT molecular complexity index is 650. The molecule has 0 N–H and O–H groups in total. The number of furan rings is 1. The molecule has 0 atom stereocenters. The SMILES string of the molecule is Cc1ccoc1C(=O)c1ccc2c(c1)CC(C)(C)O2. The molecule has 3 rings (SSSR count). The van der Waals surface area contributed by atoms with Crippen LogP contribution in [0.5, 0.6) is 5.75 Å². The van der Waals surface area contributed by atoms with Crippen LogP contribution in [0.3, 0.4) is 0 Å². The van der Waals surface area contributed by atoms with E-state index in [1.807, 2.05) is 32.9 Å². The van der Waals surface area contributed by atoms with Gasteiger partial charge in [-0.25, -0.2) is 0 Å². The van der Waals surface area contributed by atoms with Crippen LogP contribution >= 0.6 is 0 Å². The summed E-state index contributed by atoms with van der Waals surface area (Å²) in [7, 11) is 0. The fourth-order valence-corrected chi connectivity index (χ4v) is 2.49. The molecule has 1 aromatic carbocycles. The lowest BCUT2D eigenvalue weighted by atomic mass is 9.98. The van der Waals surface area contributed by atoms with Gasteiger partial charge in [-0.2, -0.15) is 0 Å². The molecule has 0 saturated carbocycles. The summed E-state index contributed by atoms with van der Waals surface area (Å²) >= 11 is 0. The van der Waals surface area contributed by atoms with Gasteiger partial charge in [0.05, 0.1) is 6.26 Å². The third-order valence-electron chi connectivity index (χ3n) is 3.39. The van der Waals surface area contributed by atoms with Crippen molar-refractivity contribution in [1.82, 2.24) is 0 Å². The maximum absolute atomic E-state index is 12.4. The van der Waals surface area contributed by atoms with Gasteiger partial charge in [-0.15, -0.1) is 0 Å². The Morgan fingerprint density at radius 2 is 2.05 bits per heavy atom. The maximum atomic E-state index is 12.4. The van der Waals surface area contributed by atoms with E-state index in [9.17, 15) is 4.79 Å². The highest BCUT2D eigenvalue weighted by atomic mass is 16.5. The van der Waals surface area contributed by atoms with E-state index in [1.165, 1.54) is 0 Å². The van der Waals surface area contributed by atoms with Crippen LogP contribution in [0.1, 0.15) is 41.1 Å². The average Bonchev–Trinajstić information content (AvgIpc) is 2.88. The topological polar surface area (TPSA) is 39.4 Å². The number of rotatable bonds is 2. The van der Waals surface area contributed by atoms with Crippen LogP contribution in [0, 0.1) is 6.92 Å². The largest absolute Gasteiger partial charge is 0.487 e. The van der Waals surface area contributed by atoms with Crippen molar-refractivity contribution in [3.8, 4) is 5.75 Å². The highest BCUT2D eigenvalue weighted by Gasteiger charge is 2.30. The quantitative estimate of drug-likeness (QED) is 0.771. The number of hydrogen-bond donors (Lipinski definition) is 0. The van der Waals surface area contributed by atoms with Gasteiger partial charge in [0.1, 0.15) is 11.4 Å². The molecule has 3 nitrogen and oxygen atoms in total. The molecule has 2 heterocycles. The zero-order valence-electron chi connectivity index (χ0n) is 11.3. The Balaban J connectivity index is 1.97. The number of aryl methyl sites for hydroxylation is 1. The Labute approximate surface area is 112 Å². The van der Waals surface area contributed by atoms with E-state index in [0.717, 1.165) is 23.3 Å². The highest BCUT2D eigenvalue weighted by molar-refractivity contribution is 6.08. The lowest BCUT2D eigenvalue weighted by Gasteiger charge is -2.16. The molecular weight excluding hydrogens is 240 g/mol. The first-order valence-corrected chi connectivity index (χ1v) is 6.37. The molecule has 0 aliphatic carbocycles. The van der Waals surface area contributed by atoms with E-state index in [1.54, 1.807) is 18.4 Å².